The summed E-state index contributed by atoms with van der Waals surface area (Å²) in [4.78, 5) is 12.9. The minimum atomic E-state index is -0.201. The zero-order valence-corrected chi connectivity index (χ0v) is 18.3. The van der Waals surface area contributed by atoms with E-state index in [1.165, 1.54) is 11.8 Å². The molecule has 1 amide bonds. The molecule has 1 aromatic heterocycles. The smallest absolute Gasteiger partial charge is 0.231 e. The summed E-state index contributed by atoms with van der Waals surface area (Å²) in [6, 6.07) is 26.1. The van der Waals surface area contributed by atoms with Crippen molar-refractivity contribution in [1.29, 1.82) is 0 Å². The first-order chi connectivity index (χ1) is 15.1. The van der Waals surface area contributed by atoms with Crippen molar-refractivity contribution in [3.8, 4) is 5.69 Å². The molecule has 0 spiro atoms. The fourth-order valence-corrected chi connectivity index (χ4v) is 4.18. The number of hydrogen-bond acceptors (Lipinski definition) is 4. The van der Waals surface area contributed by atoms with E-state index in [-0.39, 0.29) is 17.7 Å². The summed E-state index contributed by atoms with van der Waals surface area (Å²) in [7, 11) is 0. The highest BCUT2D eigenvalue weighted by Crippen LogP contribution is 2.25. The number of aromatic nitrogens is 3. The number of carbonyl (C=O) groups is 1. The molecule has 1 N–H and O–H groups in total. The molecule has 31 heavy (non-hydrogen) atoms. The fourth-order valence-electron chi connectivity index (χ4n) is 3.45. The van der Waals surface area contributed by atoms with Gasteiger partial charge in [0, 0.05) is 0 Å². The van der Waals surface area contributed by atoms with Crippen LogP contribution in [0.1, 0.15) is 28.3 Å². The summed E-state index contributed by atoms with van der Waals surface area (Å²) < 4.78 is 1.94. The molecule has 0 atom stereocenters. The molecule has 0 saturated carbocycles. The van der Waals surface area contributed by atoms with Gasteiger partial charge in [-0.3, -0.25) is 9.36 Å². The minimum Gasteiger partial charge on any atom is -0.344 e. The second-order valence-corrected chi connectivity index (χ2v) is 8.33. The van der Waals surface area contributed by atoms with Crippen molar-refractivity contribution in [3.05, 3.63) is 107 Å². The lowest BCUT2D eigenvalue weighted by molar-refractivity contribution is -0.119. The lowest BCUT2D eigenvalue weighted by Crippen LogP contribution is -2.30. The fraction of sp³-hybridized carbons (Fsp3) is 0.160. The van der Waals surface area contributed by atoms with Crippen LogP contribution in [0.3, 0.4) is 0 Å². The summed E-state index contributed by atoms with van der Waals surface area (Å²) in [5.74, 6) is 0.193. The van der Waals surface area contributed by atoms with E-state index in [1.54, 1.807) is 6.33 Å². The molecule has 0 aliphatic carbocycles. The number of hydrogen-bond donors (Lipinski definition) is 1. The number of nitrogens with one attached hydrogen (secondary N) is 1. The zero-order chi connectivity index (χ0) is 21.6. The van der Waals surface area contributed by atoms with Crippen LogP contribution in [0.5, 0.6) is 0 Å². The Kier molecular flexibility index (Phi) is 6.48. The maximum absolute atomic E-state index is 12.9. The SMILES string of the molecule is Cc1ccc(C)c(-n2cnnc2SCC(=O)NC(c2ccccc2)c2ccccc2)c1. The Morgan fingerprint density at radius 3 is 2.26 bits per heavy atom. The van der Waals surface area contributed by atoms with Crippen LogP contribution >= 0.6 is 11.8 Å². The normalized spacial score (nSPS) is 10.9. The third kappa shape index (κ3) is 5.03. The van der Waals surface area contributed by atoms with Gasteiger partial charge in [0.25, 0.3) is 0 Å². The van der Waals surface area contributed by atoms with Crippen molar-refractivity contribution >= 4 is 17.7 Å². The Bertz CT molecular complexity index is 1120. The van der Waals surface area contributed by atoms with Gasteiger partial charge in [-0.05, 0) is 42.2 Å². The maximum atomic E-state index is 12.9. The largest absolute Gasteiger partial charge is 0.344 e. The third-order valence-corrected chi connectivity index (χ3v) is 5.99. The van der Waals surface area contributed by atoms with Gasteiger partial charge in [-0.1, -0.05) is 84.6 Å². The van der Waals surface area contributed by atoms with E-state index in [2.05, 4.69) is 47.6 Å². The molecule has 3 aromatic carbocycles. The predicted molar refractivity (Wildman–Crippen MR) is 124 cm³/mol. The van der Waals surface area contributed by atoms with Crippen LogP contribution in [-0.4, -0.2) is 26.4 Å². The molecule has 0 unspecified atom stereocenters. The lowest BCUT2D eigenvalue weighted by Gasteiger charge is -2.20. The predicted octanol–water partition coefficient (Wildman–Crippen LogP) is 4.88. The average Bonchev–Trinajstić information content (AvgIpc) is 3.27. The average molecular weight is 429 g/mol. The molecule has 4 rings (SSSR count). The van der Waals surface area contributed by atoms with Crippen LogP contribution in [0.25, 0.3) is 5.69 Å². The molecule has 0 fully saturated rings. The zero-order valence-electron chi connectivity index (χ0n) is 17.5. The van der Waals surface area contributed by atoms with Crippen LogP contribution < -0.4 is 5.32 Å². The topological polar surface area (TPSA) is 59.8 Å². The van der Waals surface area contributed by atoms with E-state index in [4.69, 9.17) is 0 Å². The number of thioether (sulfide) groups is 1. The van der Waals surface area contributed by atoms with E-state index in [0.29, 0.717) is 5.16 Å². The molecule has 0 aliphatic heterocycles. The summed E-state index contributed by atoms with van der Waals surface area (Å²) in [5, 5.41) is 12.2. The molecule has 6 heteroatoms. The summed E-state index contributed by atoms with van der Waals surface area (Å²) >= 11 is 1.38. The van der Waals surface area contributed by atoms with Crippen molar-refractivity contribution in [2.75, 3.05) is 5.75 Å². The van der Waals surface area contributed by atoms with Crippen molar-refractivity contribution in [1.82, 2.24) is 20.1 Å². The number of carbonyl (C=O) groups excluding carboxylic acids is 1. The van der Waals surface area contributed by atoms with Gasteiger partial charge in [0.1, 0.15) is 6.33 Å². The molecule has 0 radical (unpaired) electrons. The lowest BCUT2D eigenvalue weighted by atomic mass is 9.99. The second-order valence-electron chi connectivity index (χ2n) is 7.38. The third-order valence-electron chi connectivity index (χ3n) is 5.04. The number of benzene rings is 3. The van der Waals surface area contributed by atoms with Crippen molar-refractivity contribution in [3.63, 3.8) is 0 Å². The monoisotopic (exact) mass is 428 g/mol. The first-order valence-corrected chi connectivity index (χ1v) is 11.1. The molecule has 0 bridgehead atoms. The quantitative estimate of drug-likeness (QED) is 0.426. The Morgan fingerprint density at radius 2 is 1.61 bits per heavy atom. The molecule has 1 heterocycles. The first kappa shape index (κ1) is 20.9. The number of aryl methyl sites for hydroxylation is 2. The first-order valence-electron chi connectivity index (χ1n) is 10.1. The van der Waals surface area contributed by atoms with Crippen LogP contribution in [0.4, 0.5) is 0 Å². The van der Waals surface area contributed by atoms with Gasteiger partial charge < -0.3 is 5.32 Å². The highest BCUT2D eigenvalue weighted by molar-refractivity contribution is 7.99. The van der Waals surface area contributed by atoms with Crippen molar-refractivity contribution < 1.29 is 4.79 Å². The van der Waals surface area contributed by atoms with Gasteiger partial charge >= 0.3 is 0 Å². The van der Waals surface area contributed by atoms with Gasteiger partial charge in [-0.15, -0.1) is 10.2 Å². The molecule has 4 aromatic rings. The molecule has 5 nitrogen and oxygen atoms in total. The van der Waals surface area contributed by atoms with Gasteiger partial charge in [-0.25, -0.2) is 0 Å². The van der Waals surface area contributed by atoms with Crippen LogP contribution in [-0.2, 0) is 4.79 Å². The standard InChI is InChI=1S/C25H24N4OS/c1-18-13-14-19(2)22(15-18)29-17-26-28-25(29)31-16-23(30)27-24(20-9-5-3-6-10-20)21-11-7-4-8-12-21/h3-15,17,24H,16H2,1-2H3,(H,27,30). The molecular weight excluding hydrogens is 404 g/mol. The van der Waals surface area contributed by atoms with E-state index in [1.807, 2.05) is 65.2 Å². The Labute approximate surface area is 186 Å². The summed E-state index contributed by atoms with van der Waals surface area (Å²) in [6.07, 6.45) is 1.69. The molecular formula is C25H24N4OS. The van der Waals surface area contributed by atoms with E-state index >= 15 is 0 Å². The number of nitrogens with zero attached hydrogens (tertiary/aromatic N) is 3. The van der Waals surface area contributed by atoms with Gasteiger partial charge in [0.05, 0.1) is 17.5 Å². The van der Waals surface area contributed by atoms with Crippen LogP contribution in [0.2, 0.25) is 0 Å². The van der Waals surface area contributed by atoms with Crippen LogP contribution in [0, 0.1) is 13.8 Å². The van der Waals surface area contributed by atoms with Gasteiger partial charge in [0.15, 0.2) is 5.16 Å². The van der Waals surface area contributed by atoms with Crippen LogP contribution in [0.15, 0.2) is 90.3 Å². The van der Waals surface area contributed by atoms with Gasteiger partial charge in [-0.2, -0.15) is 0 Å². The molecule has 0 aliphatic rings. The maximum Gasteiger partial charge on any atom is 0.231 e. The number of rotatable bonds is 7. The Morgan fingerprint density at radius 1 is 0.968 bits per heavy atom. The summed E-state index contributed by atoms with van der Waals surface area (Å²) in [6.45, 7) is 4.11. The van der Waals surface area contributed by atoms with Crippen molar-refractivity contribution in [2.45, 2.75) is 25.0 Å². The number of amides is 1. The van der Waals surface area contributed by atoms with E-state index < -0.39 is 0 Å². The summed E-state index contributed by atoms with van der Waals surface area (Å²) in [5.41, 5.74) is 5.41. The Hall–Kier alpha value is -3.38. The van der Waals surface area contributed by atoms with E-state index in [0.717, 1.165) is 27.9 Å². The van der Waals surface area contributed by atoms with Crippen molar-refractivity contribution in [2.24, 2.45) is 0 Å². The highest BCUT2D eigenvalue weighted by atomic mass is 32.2. The Balaban J connectivity index is 1.49. The highest BCUT2D eigenvalue weighted by Gasteiger charge is 2.18. The van der Waals surface area contributed by atoms with Gasteiger partial charge in [0.2, 0.25) is 5.91 Å². The molecule has 0 saturated heterocycles. The second kappa shape index (κ2) is 9.62. The molecule has 156 valence electrons. The van der Waals surface area contributed by atoms with E-state index in [9.17, 15) is 4.79 Å². The minimum absolute atomic E-state index is 0.0572.